The Kier molecular flexibility index (Phi) is 5.32. The molecule has 0 spiro atoms. The second-order valence-electron chi connectivity index (χ2n) is 5.54. The first-order valence-electron chi connectivity index (χ1n) is 7.48. The fourth-order valence-corrected chi connectivity index (χ4v) is 2.01. The van der Waals surface area contributed by atoms with Crippen LogP contribution in [0.4, 0.5) is 25.8 Å². The highest BCUT2D eigenvalue weighted by atomic mass is 19.1. The predicted octanol–water partition coefficient (Wildman–Crippen LogP) is 4.94. The molecule has 2 aromatic rings. The van der Waals surface area contributed by atoms with Crippen LogP contribution in [0.3, 0.4) is 0 Å². The summed E-state index contributed by atoms with van der Waals surface area (Å²) < 4.78 is 28.1. The van der Waals surface area contributed by atoms with Gasteiger partial charge < -0.3 is 10.2 Å². The first kappa shape index (κ1) is 16.9. The molecule has 0 saturated heterocycles. The monoisotopic (exact) mass is 317 g/mol. The molecule has 23 heavy (non-hydrogen) atoms. The van der Waals surface area contributed by atoms with Crippen LogP contribution in [0.25, 0.3) is 0 Å². The van der Waals surface area contributed by atoms with E-state index in [2.05, 4.69) is 10.3 Å². The van der Waals surface area contributed by atoms with Gasteiger partial charge in [0, 0.05) is 19.3 Å². The van der Waals surface area contributed by atoms with Crippen molar-refractivity contribution in [1.82, 2.24) is 4.90 Å². The number of benzene rings is 2. The van der Waals surface area contributed by atoms with E-state index in [1.54, 1.807) is 24.5 Å². The number of hydrogen-bond donors (Lipinski definition) is 1. The van der Waals surface area contributed by atoms with Crippen LogP contribution in [0.15, 0.2) is 35.3 Å². The standard InChI is InChI=1S/C18H21F2N3/c1-5-23(4)11-21-18-9-13(3)17(10-15(18)20)22-16-7-6-12(2)8-14(16)19/h6-11,22H,5H2,1-4H3/b21-11+. The van der Waals surface area contributed by atoms with Gasteiger partial charge in [0.05, 0.1) is 12.0 Å². The molecule has 0 aromatic heterocycles. The molecule has 0 aliphatic heterocycles. The molecule has 0 aliphatic carbocycles. The van der Waals surface area contributed by atoms with Crippen molar-refractivity contribution in [2.45, 2.75) is 20.8 Å². The Balaban J connectivity index is 2.27. The third kappa shape index (κ3) is 4.28. The lowest BCUT2D eigenvalue weighted by atomic mass is 10.1. The number of nitrogens with one attached hydrogen (secondary N) is 1. The molecule has 0 saturated carbocycles. The van der Waals surface area contributed by atoms with Crippen molar-refractivity contribution < 1.29 is 8.78 Å². The molecule has 0 bridgehead atoms. The van der Waals surface area contributed by atoms with Crippen molar-refractivity contribution >= 4 is 23.4 Å². The van der Waals surface area contributed by atoms with Crippen LogP contribution in [0.2, 0.25) is 0 Å². The lowest BCUT2D eigenvalue weighted by molar-refractivity contribution is 0.551. The van der Waals surface area contributed by atoms with Gasteiger partial charge in [0.15, 0.2) is 5.82 Å². The summed E-state index contributed by atoms with van der Waals surface area (Å²) >= 11 is 0. The van der Waals surface area contributed by atoms with Gasteiger partial charge in [-0.3, -0.25) is 0 Å². The molecule has 0 unspecified atom stereocenters. The van der Waals surface area contributed by atoms with Gasteiger partial charge in [0.2, 0.25) is 0 Å². The van der Waals surface area contributed by atoms with Crippen LogP contribution in [0, 0.1) is 25.5 Å². The van der Waals surface area contributed by atoms with E-state index >= 15 is 0 Å². The molecule has 122 valence electrons. The third-order valence-electron chi connectivity index (χ3n) is 3.58. The Morgan fingerprint density at radius 3 is 2.48 bits per heavy atom. The van der Waals surface area contributed by atoms with E-state index in [1.165, 1.54) is 12.1 Å². The zero-order valence-electron chi connectivity index (χ0n) is 13.8. The number of hydrogen-bond acceptors (Lipinski definition) is 2. The van der Waals surface area contributed by atoms with Crippen LogP contribution in [0.5, 0.6) is 0 Å². The van der Waals surface area contributed by atoms with Crippen LogP contribution in [-0.4, -0.2) is 24.8 Å². The molecular weight excluding hydrogens is 296 g/mol. The van der Waals surface area contributed by atoms with Gasteiger partial charge in [0.25, 0.3) is 0 Å². The SMILES string of the molecule is CCN(C)/C=N/c1cc(C)c(Nc2ccc(C)cc2F)cc1F. The van der Waals surface area contributed by atoms with Crippen LogP contribution in [-0.2, 0) is 0 Å². The molecule has 1 N–H and O–H groups in total. The highest BCUT2D eigenvalue weighted by Gasteiger charge is 2.09. The van der Waals surface area contributed by atoms with E-state index in [4.69, 9.17) is 0 Å². The Hall–Kier alpha value is -2.43. The largest absolute Gasteiger partial charge is 0.366 e. The van der Waals surface area contributed by atoms with Crippen molar-refractivity contribution in [1.29, 1.82) is 0 Å². The summed E-state index contributed by atoms with van der Waals surface area (Å²) in [7, 11) is 1.87. The number of anilines is 2. The number of nitrogens with zero attached hydrogens (tertiary/aromatic N) is 2. The topological polar surface area (TPSA) is 27.6 Å². The normalized spacial score (nSPS) is 11.0. The molecule has 0 atom stereocenters. The van der Waals surface area contributed by atoms with E-state index in [-0.39, 0.29) is 11.5 Å². The fraction of sp³-hybridized carbons (Fsp3) is 0.278. The Labute approximate surface area is 135 Å². The van der Waals surface area contributed by atoms with Crippen molar-refractivity contribution in [3.8, 4) is 0 Å². The Morgan fingerprint density at radius 1 is 1.09 bits per heavy atom. The van der Waals surface area contributed by atoms with Crippen LogP contribution < -0.4 is 5.32 Å². The maximum Gasteiger partial charge on any atom is 0.150 e. The van der Waals surface area contributed by atoms with Gasteiger partial charge in [-0.05, 0) is 56.2 Å². The van der Waals surface area contributed by atoms with E-state index in [0.29, 0.717) is 11.4 Å². The summed E-state index contributed by atoms with van der Waals surface area (Å²) in [6.07, 6.45) is 1.59. The average Bonchev–Trinajstić information content (AvgIpc) is 2.51. The summed E-state index contributed by atoms with van der Waals surface area (Å²) in [6, 6.07) is 7.87. The average molecular weight is 317 g/mol. The van der Waals surface area contributed by atoms with Crippen LogP contribution in [0.1, 0.15) is 18.1 Å². The number of rotatable bonds is 5. The van der Waals surface area contributed by atoms with E-state index in [9.17, 15) is 8.78 Å². The van der Waals surface area contributed by atoms with Crippen LogP contribution >= 0.6 is 0 Å². The highest BCUT2D eigenvalue weighted by Crippen LogP contribution is 2.29. The maximum absolute atomic E-state index is 14.2. The van der Waals surface area contributed by atoms with Crippen molar-refractivity contribution in [2.24, 2.45) is 4.99 Å². The minimum Gasteiger partial charge on any atom is -0.366 e. The van der Waals surface area contributed by atoms with Crippen molar-refractivity contribution in [3.05, 3.63) is 53.1 Å². The van der Waals surface area contributed by atoms with Crippen molar-refractivity contribution in [3.63, 3.8) is 0 Å². The van der Waals surface area contributed by atoms with Gasteiger partial charge in [-0.2, -0.15) is 0 Å². The summed E-state index contributed by atoms with van der Waals surface area (Å²) in [5.74, 6) is -0.817. The molecule has 5 heteroatoms. The minimum atomic E-state index is -0.452. The zero-order valence-corrected chi connectivity index (χ0v) is 13.8. The number of halogens is 2. The third-order valence-corrected chi connectivity index (χ3v) is 3.58. The van der Waals surface area contributed by atoms with E-state index in [0.717, 1.165) is 17.7 Å². The summed E-state index contributed by atoms with van der Waals surface area (Å²) in [5, 5.41) is 2.93. The smallest absolute Gasteiger partial charge is 0.150 e. The second-order valence-corrected chi connectivity index (χ2v) is 5.54. The number of aryl methyl sites for hydroxylation is 2. The summed E-state index contributed by atoms with van der Waals surface area (Å²) in [5.41, 5.74) is 2.73. The van der Waals surface area contributed by atoms with Gasteiger partial charge in [-0.15, -0.1) is 0 Å². The molecule has 0 fully saturated rings. The molecule has 2 rings (SSSR count). The zero-order chi connectivity index (χ0) is 17.0. The first-order valence-corrected chi connectivity index (χ1v) is 7.48. The minimum absolute atomic E-state index is 0.262. The molecular formula is C18H21F2N3. The molecule has 0 heterocycles. The maximum atomic E-state index is 14.2. The number of aliphatic imine (C=N–C) groups is 1. The van der Waals surface area contributed by atoms with Gasteiger partial charge in [0.1, 0.15) is 11.5 Å². The van der Waals surface area contributed by atoms with Gasteiger partial charge >= 0.3 is 0 Å². The first-order chi connectivity index (χ1) is 10.9. The van der Waals surface area contributed by atoms with Gasteiger partial charge in [-0.1, -0.05) is 6.07 Å². The van der Waals surface area contributed by atoms with Gasteiger partial charge in [-0.25, -0.2) is 13.8 Å². The Bertz CT molecular complexity index is 726. The molecule has 0 amide bonds. The lowest BCUT2D eigenvalue weighted by Gasteiger charge is -2.13. The highest BCUT2D eigenvalue weighted by molar-refractivity contribution is 5.69. The quantitative estimate of drug-likeness (QED) is 0.625. The molecule has 2 aromatic carbocycles. The van der Waals surface area contributed by atoms with E-state index < -0.39 is 5.82 Å². The summed E-state index contributed by atoms with van der Waals surface area (Å²) in [4.78, 5) is 5.99. The predicted molar refractivity (Wildman–Crippen MR) is 92.0 cm³/mol. The van der Waals surface area contributed by atoms with Crippen molar-refractivity contribution in [2.75, 3.05) is 18.9 Å². The lowest BCUT2D eigenvalue weighted by Crippen LogP contribution is -2.14. The Morgan fingerprint density at radius 2 is 1.83 bits per heavy atom. The second kappa shape index (κ2) is 7.22. The summed E-state index contributed by atoms with van der Waals surface area (Å²) in [6.45, 7) is 6.42. The molecule has 0 aliphatic rings. The van der Waals surface area contributed by atoms with E-state index in [1.807, 2.05) is 32.7 Å². The molecule has 3 nitrogen and oxygen atoms in total. The fourth-order valence-electron chi connectivity index (χ4n) is 2.01. The molecule has 0 radical (unpaired) electrons.